The number of hydrogen-bond acceptors (Lipinski definition) is 6. The number of H-pyrrole nitrogens is 1. The van der Waals surface area contributed by atoms with Crippen LogP contribution in [-0.4, -0.2) is 40.8 Å². The van der Waals surface area contributed by atoms with Crippen molar-refractivity contribution in [2.24, 2.45) is 0 Å². The Morgan fingerprint density at radius 1 is 1.43 bits per heavy atom. The lowest BCUT2D eigenvalue weighted by Gasteiger charge is -2.10. The average Bonchev–Trinajstić information content (AvgIpc) is 3.25. The first kappa shape index (κ1) is 15.4. The number of carbonyl (C=O) groups excluding carboxylic acids is 3. The third-order valence-electron chi connectivity index (χ3n) is 3.43. The van der Waals surface area contributed by atoms with Gasteiger partial charge in [-0.1, -0.05) is 0 Å². The molecule has 0 atom stereocenters. The standard InChI is InChI=1S/C15H15N3O4S/c19-12(11-3-1-5-16-11)8-22-14(21)7-10-9-23-15(17-10)18-6-2-4-13(18)20/h1,3,5,9,16H,2,4,6-8H2. The van der Waals surface area contributed by atoms with Crippen LogP contribution in [0.2, 0.25) is 0 Å². The Kier molecular flexibility index (Phi) is 4.52. The molecule has 0 radical (unpaired) electrons. The molecule has 7 nitrogen and oxygen atoms in total. The van der Waals surface area contributed by atoms with Gasteiger partial charge in [0.25, 0.3) is 0 Å². The second kappa shape index (κ2) is 6.74. The predicted octanol–water partition coefficient (Wildman–Crippen LogP) is 1.57. The molecule has 1 aliphatic rings. The molecule has 0 aromatic carbocycles. The van der Waals surface area contributed by atoms with Crippen molar-refractivity contribution in [1.82, 2.24) is 9.97 Å². The number of amides is 1. The fraction of sp³-hybridized carbons (Fsp3) is 0.333. The molecule has 0 aliphatic carbocycles. The Morgan fingerprint density at radius 2 is 2.30 bits per heavy atom. The first-order valence-corrected chi connectivity index (χ1v) is 8.08. The molecule has 0 spiro atoms. The number of nitrogens with zero attached hydrogens (tertiary/aromatic N) is 2. The highest BCUT2D eigenvalue weighted by Gasteiger charge is 2.24. The van der Waals surface area contributed by atoms with Crippen LogP contribution in [0.5, 0.6) is 0 Å². The van der Waals surface area contributed by atoms with E-state index in [1.54, 1.807) is 28.6 Å². The SMILES string of the molecule is O=C(Cc1csc(N2CCCC2=O)n1)OCC(=O)c1ccc[nH]1. The third-order valence-corrected chi connectivity index (χ3v) is 4.34. The molecule has 8 heteroatoms. The number of esters is 1. The minimum absolute atomic E-state index is 0.0173. The number of aromatic nitrogens is 2. The molecule has 1 N–H and O–H groups in total. The maximum atomic E-state index is 11.8. The predicted molar refractivity (Wildman–Crippen MR) is 83.5 cm³/mol. The number of rotatable bonds is 6. The lowest BCUT2D eigenvalue weighted by Crippen LogP contribution is -2.23. The van der Waals surface area contributed by atoms with E-state index >= 15 is 0 Å². The second-order valence-electron chi connectivity index (χ2n) is 5.11. The third kappa shape index (κ3) is 3.65. The van der Waals surface area contributed by atoms with Crippen LogP contribution < -0.4 is 4.90 Å². The summed E-state index contributed by atoms with van der Waals surface area (Å²) in [6.45, 7) is 0.363. The Balaban J connectivity index is 1.51. The van der Waals surface area contributed by atoms with E-state index in [1.165, 1.54) is 11.3 Å². The Morgan fingerprint density at radius 3 is 3.00 bits per heavy atom. The summed E-state index contributed by atoms with van der Waals surface area (Å²) in [4.78, 5) is 43.8. The van der Waals surface area contributed by atoms with E-state index in [-0.39, 0.29) is 24.7 Å². The monoisotopic (exact) mass is 333 g/mol. The van der Waals surface area contributed by atoms with Gasteiger partial charge in [-0.15, -0.1) is 11.3 Å². The van der Waals surface area contributed by atoms with E-state index in [2.05, 4.69) is 9.97 Å². The highest BCUT2D eigenvalue weighted by atomic mass is 32.1. The van der Waals surface area contributed by atoms with Crippen LogP contribution in [0.15, 0.2) is 23.7 Å². The van der Waals surface area contributed by atoms with Gasteiger partial charge in [-0.05, 0) is 18.6 Å². The lowest BCUT2D eigenvalue weighted by molar-refractivity contribution is -0.141. The Labute approximate surface area is 136 Å². The van der Waals surface area contributed by atoms with Crippen LogP contribution in [0.4, 0.5) is 5.13 Å². The highest BCUT2D eigenvalue weighted by molar-refractivity contribution is 7.14. The number of Topliss-reactive ketones (excluding diaryl/α,β-unsaturated/α-hetero) is 1. The van der Waals surface area contributed by atoms with Crippen molar-refractivity contribution < 1.29 is 19.1 Å². The highest BCUT2D eigenvalue weighted by Crippen LogP contribution is 2.25. The van der Waals surface area contributed by atoms with Gasteiger partial charge in [0.15, 0.2) is 11.7 Å². The van der Waals surface area contributed by atoms with Crippen molar-refractivity contribution in [2.45, 2.75) is 19.3 Å². The zero-order chi connectivity index (χ0) is 16.2. The van der Waals surface area contributed by atoms with Gasteiger partial charge in [0.1, 0.15) is 0 Å². The van der Waals surface area contributed by atoms with Gasteiger partial charge in [-0.2, -0.15) is 0 Å². The van der Waals surface area contributed by atoms with Gasteiger partial charge in [0.2, 0.25) is 11.7 Å². The first-order chi connectivity index (χ1) is 11.1. The quantitative estimate of drug-likeness (QED) is 0.640. The number of ketones is 1. The number of anilines is 1. The Bertz CT molecular complexity index is 723. The zero-order valence-corrected chi connectivity index (χ0v) is 13.1. The van der Waals surface area contributed by atoms with Crippen molar-refractivity contribution in [3.63, 3.8) is 0 Å². The summed E-state index contributed by atoms with van der Waals surface area (Å²) in [5.74, 6) is -0.746. The second-order valence-corrected chi connectivity index (χ2v) is 5.95. The largest absolute Gasteiger partial charge is 0.457 e. The molecule has 3 heterocycles. The minimum atomic E-state index is -0.519. The maximum Gasteiger partial charge on any atom is 0.312 e. The van der Waals surface area contributed by atoms with Crippen LogP contribution in [0, 0.1) is 0 Å². The number of aromatic amines is 1. The summed E-state index contributed by atoms with van der Waals surface area (Å²) in [6.07, 6.45) is 2.98. The van der Waals surface area contributed by atoms with Gasteiger partial charge in [-0.25, -0.2) is 4.98 Å². The van der Waals surface area contributed by atoms with Crippen molar-refractivity contribution in [1.29, 1.82) is 0 Å². The van der Waals surface area contributed by atoms with Gasteiger partial charge in [-0.3, -0.25) is 19.3 Å². The lowest BCUT2D eigenvalue weighted by atomic mass is 10.3. The summed E-state index contributed by atoms with van der Waals surface area (Å²) in [5, 5.41) is 2.34. The topological polar surface area (TPSA) is 92.4 Å². The zero-order valence-electron chi connectivity index (χ0n) is 12.3. The first-order valence-electron chi connectivity index (χ1n) is 7.20. The molecular formula is C15H15N3O4S. The van der Waals surface area contributed by atoms with Crippen LogP contribution in [0.25, 0.3) is 0 Å². The number of thiazole rings is 1. The van der Waals surface area contributed by atoms with Crippen LogP contribution in [-0.2, 0) is 20.7 Å². The Hall–Kier alpha value is -2.48. The van der Waals surface area contributed by atoms with Crippen LogP contribution in [0.1, 0.15) is 29.0 Å². The molecule has 0 bridgehead atoms. The van der Waals surface area contributed by atoms with E-state index in [0.29, 0.717) is 29.5 Å². The molecule has 2 aromatic rings. The minimum Gasteiger partial charge on any atom is -0.457 e. The van der Waals surface area contributed by atoms with Crippen molar-refractivity contribution in [2.75, 3.05) is 18.1 Å². The smallest absolute Gasteiger partial charge is 0.312 e. The molecule has 0 saturated carbocycles. The van der Waals surface area contributed by atoms with Gasteiger partial charge < -0.3 is 9.72 Å². The molecule has 3 rings (SSSR count). The van der Waals surface area contributed by atoms with Crippen LogP contribution in [0.3, 0.4) is 0 Å². The molecule has 1 aliphatic heterocycles. The van der Waals surface area contributed by atoms with Crippen molar-refractivity contribution in [3.05, 3.63) is 35.1 Å². The summed E-state index contributed by atoms with van der Waals surface area (Å²) >= 11 is 1.33. The van der Waals surface area contributed by atoms with E-state index < -0.39 is 5.97 Å². The van der Waals surface area contributed by atoms with E-state index in [4.69, 9.17) is 4.74 Å². The number of ether oxygens (including phenoxy) is 1. The fourth-order valence-corrected chi connectivity index (χ4v) is 3.15. The normalized spacial score (nSPS) is 14.3. The molecular weight excluding hydrogens is 318 g/mol. The average molecular weight is 333 g/mol. The van der Waals surface area contributed by atoms with E-state index in [1.807, 2.05) is 0 Å². The molecule has 120 valence electrons. The van der Waals surface area contributed by atoms with Gasteiger partial charge in [0.05, 0.1) is 17.8 Å². The molecule has 1 fully saturated rings. The molecule has 2 aromatic heterocycles. The summed E-state index contributed by atoms with van der Waals surface area (Å²) in [5.41, 5.74) is 0.948. The van der Waals surface area contributed by atoms with Crippen molar-refractivity contribution >= 4 is 34.1 Å². The number of carbonyl (C=O) groups is 3. The summed E-state index contributed by atoms with van der Waals surface area (Å²) in [6, 6.07) is 3.32. The molecule has 1 saturated heterocycles. The molecule has 23 heavy (non-hydrogen) atoms. The molecule has 0 unspecified atom stereocenters. The van der Waals surface area contributed by atoms with E-state index in [9.17, 15) is 14.4 Å². The number of nitrogens with one attached hydrogen (secondary N) is 1. The number of hydrogen-bond donors (Lipinski definition) is 1. The van der Waals surface area contributed by atoms with Crippen molar-refractivity contribution in [3.8, 4) is 0 Å². The van der Waals surface area contributed by atoms with E-state index in [0.717, 1.165) is 6.42 Å². The van der Waals surface area contributed by atoms with Gasteiger partial charge in [0, 0.05) is 24.5 Å². The maximum absolute atomic E-state index is 11.8. The van der Waals surface area contributed by atoms with Crippen LogP contribution >= 0.6 is 11.3 Å². The fourth-order valence-electron chi connectivity index (χ4n) is 2.28. The summed E-state index contributed by atoms with van der Waals surface area (Å²) in [7, 11) is 0. The summed E-state index contributed by atoms with van der Waals surface area (Å²) < 4.78 is 4.96. The molecule has 1 amide bonds. The van der Waals surface area contributed by atoms with Gasteiger partial charge >= 0.3 is 5.97 Å².